The number of hydrogen-bond acceptors (Lipinski definition) is 2. The Kier molecular flexibility index (Phi) is 3.87. The minimum atomic E-state index is -0.284. The molecular weight excluding hydrogens is 281 g/mol. The molecule has 1 atom stereocenters. The summed E-state index contributed by atoms with van der Waals surface area (Å²) in [6.45, 7) is 1.88. The van der Waals surface area contributed by atoms with Gasteiger partial charge in [-0.3, -0.25) is 4.79 Å². The number of H-pyrrole nitrogens is 1. The molecule has 0 bridgehead atoms. The number of pyridine rings is 1. The number of benzene rings is 1. The third-order valence-corrected chi connectivity index (χ3v) is 3.64. The Morgan fingerprint density at radius 1 is 1.32 bits per heavy atom. The molecule has 1 unspecified atom stereocenters. The molecule has 0 aliphatic rings. The molecule has 0 saturated heterocycles. The van der Waals surface area contributed by atoms with Gasteiger partial charge in [-0.1, -0.05) is 12.1 Å². The Morgan fingerprint density at radius 3 is 2.86 bits per heavy atom. The third kappa shape index (κ3) is 2.98. The lowest BCUT2D eigenvalue weighted by Crippen LogP contribution is -2.28. The van der Waals surface area contributed by atoms with Crippen LogP contribution in [0, 0.1) is 5.82 Å². The molecule has 0 aliphatic carbocycles. The summed E-state index contributed by atoms with van der Waals surface area (Å²) < 4.78 is 12.9. The lowest BCUT2D eigenvalue weighted by Gasteiger charge is -2.14. The van der Waals surface area contributed by atoms with Crippen molar-refractivity contribution in [1.29, 1.82) is 0 Å². The number of amides is 1. The predicted octanol–water partition coefficient (Wildman–Crippen LogP) is 3.12. The van der Waals surface area contributed by atoms with Crippen LogP contribution < -0.4 is 5.32 Å². The SMILES string of the molecule is CC(NC(=O)Cc1c[nH]c2ncccc12)c1ccc(F)cc1. The van der Waals surface area contributed by atoms with Gasteiger partial charge in [-0.05, 0) is 42.3 Å². The Bertz CT molecular complexity index is 795. The van der Waals surface area contributed by atoms with E-state index in [9.17, 15) is 9.18 Å². The van der Waals surface area contributed by atoms with Crippen LogP contribution in [-0.2, 0) is 11.2 Å². The summed E-state index contributed by atoms with van der Waals surface area (Å²) in [5.41, 5.74) is 2.55. The number of aromatic amines is 1. The molecule has 0 spiro atoms. The Balaban J connectivity index is 1.68. The highest BCUT2D eigenvalue weighted by Crippen LogP contribution is 2.17. The molecule has 2 N–H and O–H groups in total. The number of aromatic nitrogens is 2. The van der Waals surface area contributed by atoms with E-state index in [4.69, 9.17) is 0 Å². The molecule has 5 heteroatoms. The first-order valence-corrected chi connectivity index (χ1v) is 7.09. The summed E-state index contributed by atoms with van der Waals surface area (Å²) in [7, 11) is 0. The van der Waals surface area contributed by atoms with Crippen LogP contribution >= 0.6 is 0 Å². The van der Waals surface area contributed by atoms with Crippen LogP contribution in [0.2, 0.25) is 0 Å². The van der Waals surface area contributed by atoms with Gasteiger partial charge in [0.05, 0.1) is 12.5 Å². The van der Waals surface area contributed by atoms with Crippen LogP contribution in [0.25, 0.3) is 11.0 Å². The van der Waals surface area contributed by atoms with Gasteiger partial charge in [-0.2, -0.15) is 0 Å². The Hall–Kier alpha value is -2.69. The molecule has 0 fully saturated rings. The molecule has 2 aromatic heterocycles. The van der Waals surface area contributed by atoms with E-state index in [1.807, 2.05) is 19.1 Å². The zero-order valence-electron chi connectivity index (χ0n) is 12.1. The summed E-state index contributed by atoms with van der Waals surface area (Å²) in [4.78, 5) is 19.4. The average molecular weight is 297 g/mol. The second kappa shape index (κ2) is 5.97. The number of nitrogens with one attached hydrogen (secondary N) is 2. The van der Waals surface area contributed by atoms with Crippen molar-refractivity contribution in [1.82, 2.24) is 15.3 Å². The van der Waals surface area contributed by atoms with Crippen LogP contribution in [0.4, 0.5) is 4.39 Å². The minimum Gasteiger partial charge on any atom is -0.349 e. The molecule has 22 heavy (non-hydrogen) atoms. The van der Waals surface area contributed by atoms with Crippen molar-refractivity contribution in [3.63, 3.8) is 0 Å². The topological polar surface area (TPSA) is 57.8 Å². The van der Waals surface area contributed by atoms with E-state index in [0.717, 1.165) is 22.2 Å². The number of halogens is 1. The van der Waals surface area contributed by atoms with Crippen molar-refractivity contribution in [3.8, 4) is 0 Å². The van der Waals surface area contributed by atoms with E-state index < -0.39 is 0 Å². The summed E-state index contributed by atoms with van der Waals surface area (Å²) in [5.74, 6) is -0.366. The maximum absolute atomic E-state index is 12.9. The van der Waals surface area contributed by atoms with Crippen LogP contribution in [-0.4, -0.2) is 15.9 Å². The van der Waals surface area contributed by atoms with Gasteiger partial charge < -0.3 is 10.3 Å². The maximum Gasteiger partial charge on any atom is 0.224 e. The van der Waals surface area contributed by atoms with E-state index in [-0.39, 0.29) is 24.2 Å². The molecule has 112 valence electrons. The van der Waals surface area contributed by atoms with Gasteiger partial charge in [-0.15, -0.1) is 0 Å². The molecule has 1 amide bonds. The molecule has 0 aliphatic heterocycles. The van der Waals surface area contributed by atoms with Gasteiger partial charge in [0, 0.05) is 17.8 Å². The van der Waals surface area contributed by atoms with Crippen LogP contribution in [0.5, 0.6) is 0 Å². The first kappa shape index (κ1) is 14.3. The average Bonchev–Trinajstić information content (AvgIpc) is 2.91. The lowest BCUT2D eigenvalue weighted by molar-refractivity contribution is -0.121. The minimum absolute atomic E-state index is 0.0819. The summed E-state index contributed by atoms with van der Waals surface area (Å²) >= 11 is 0. The highest BCUT2D eigenvalue weighted by molar-refractivity contribution is 5.87. The van der Waals surface area contributed by atoms with Crippen molar-refractivity contribution >= 4 is 16.9 Å². The smallest absolute Gasteiger partial charge is 0.224 e. The van der Waals surface area contributed by atoms with E-state index in [0.29, 0.717) is 0 Å². The first-order chi connectivity index (χ1) is 10.6. The Morgan fingerprint density at radius 2 is 2.09 bits per heavy atom. The highest BCUT2D eigenvalue weighted by atomic mass is 19.1. The monoisotopic (exact) mass is 297 g/mol. The molecular formula is C17H16FN3O. The van der Waals surface area contributed by atoms with Gasteiger partial charge in [0.1, 0.15) is 11.5 Å². The van der Waals surface area contributed by atoms with Crippen LogP contribution in [0.3, 0.4) is 0 Å². The molecule has 1 aromatic carbocycles. The molecule has 3 aromatic rings. The predicted molar refractivity (Wildman–Crippen MR) is 82.8 cm³/mol. The zero-order valence-corrected chi connectivity index (χ0v) is 12.1. The fraction of sp³-hybridized carbons (Fsp3) is 0.176. The second-order valence-corrected chi connectivity index (χ2v) is 5.23. The fourth-order valence-corrected chi connectivity index (χ4v) is 2.46. The summed E-state index contributed by atoms with van der Waals surface area (Å²) in [6, 6.07) is 9.75. The fourth-order valence-electron chi connectivity index (χ4n) is 2.46. The number of rotatable bonds is 4. The molecule has 0 saturated carbocycles. The van der Waals surface area contributed by atoms with E-state index >= 15 is 0 Å². The molecule has 0 radical (unpaired) electrons. The number of carbonyl (C=O) groups excluding carboxylic acids is 1. The van der Waals surface area contributed by atoms with Crippen molar-refractivity contribution in [2.75, 3.05) is 0 Å². The van der Waals surface area contributed by atoms with Crippen molar-refractivity contribution in [2.24, 2.45) is 0 Å². The van der Waals surface area contributed by atoms with Gasteiger partial charge in [0.15, 0.2) is 0 Å². The van der Waals surface area contributed by atoms with Crippen LogP contribution in [0.1, 0.15) is 24.1 Å². The van der Waals surface area contributed by atoms with Crippen LogP contribution in [0.15, 0.2) is 48.8 Å². The van der Waals surface area contributed by atoms with Crippen molar-refractivity contribution < 1.29 is 9.18 Å². The normalized spacial score (nSPS) is 12.3. The summed E-state index contributed by atoms with van der Waals surface area (Å²) in [6.07, 6.45) is 3.79. The van der Waals surface area contributed by atoms with E-state index in [1.54, 1.807) is 24.5 Å². The second-order valence-electron chi connectivity index (χ2n) is 5.23. The van der Waals surface area contributed by atoms with E-state index in [1.165, 1.54) is 12.1 Å². The van der Waals surface area contributed by atoms with E-state index in [2.05, 4.69) is 15.3 Å². The summed E-state index contributed by atoms with van der Waals surface area (Å²) in [5, 5.41) is 3.87. The van der Waals surface area contributed by atoms with Gasteiger partial charge in [0.2, 0.25) is 5.91 Å². The maximum atomic E-state index is 12.9. The standard InChI is InChI=1S/C17H16FN3O/c1-11(12-4-6-14(18)7-5-12)21-16(22)9-13-10-20-17-15(13)3-2-8-19-17/h2-8,10-11H,9H2,1H3,(H,19,20)(H,21,22). The van der Waals surface area contributed by atoms with Gasteiger partial charge in [-0.25, -0.2) is 9.37 Å². The molecule has 3 rings (SSSR count). The highest BCUT2D eigenvalue weighted by Gasteiger charge is 2.12. The van der Waals surface area contributed by atoms with Gasteiger partial charge in [0.25, 0.3) is 0 Å². The third-order valence-electron chi connectivity index (χ3n) is 3.64. The van der Waals surface area contributed by atoms with Crippen molar-refractivity contribution in [3.05, 3.63) is 65.7 Å². The Labute approximate surface area is 127 Å². The largest absolute Gasteiger partial charge is 0.349 e. The number of nitrogens with zero attached hydrogens (tertiary/aromatic N) is 1. The number of fused-ring (bicyclic) bond motifs is 1. The van der Waals surface area contributed by atoms with Crippen molar-refractivity contribution in [2.45, 2.75) is 19.4 Å². The molecule has 2 heterocycles. The first-order valence-electron chi connectivity index (χ1n) is 7.09. The van der Waals surface area contributed by atoms with Gasteiger partial charge >= 0.3 is 0 Å². The number of carbonyl (C=O) groups is 1. The number of hydrogen-bond donors (Lipinski definition) is 2. The molecule has 4 nitrogen and oxygen atoms in total. The quantitative estimate of drug-likeness (QED) is 0.777. The zero-order chi connectivity index (χ0) is 15.5. The lowest BCUT2D eigenvalue weighted by atomic mass is 10.1.